The number of hydrogen-bond donors (Lipinski definition) is 1. The van der Waals surface area contributed by atoms with Crippen LogP contribution in [-0.4, -0.2) is 17.4 Å². The Morgan fingerprint density at radius 3 is 2.70 bits per heavy atom. The first-order chi connectivity index (χ1) is 10.7. The molecule has 2 rings (SSSR count). The lowest BCUT2D eigenvalue weighted by molar-refractivity contribution is -0.274. The van der Waals surface area contributed by atoms with Gasteiger partial charge in [0, 0.05) is 12.1 Å². The average Bonchev–Trinajstić information content (AvgIpc) is 2.76. The number of rotatable bonds is 5. The molecule has 0 saturated heterocycles. The first-order valence-electron chi connectivity index (χ1n) is 6.78. The fourth-order valence-corrected chi connectivity index (χ4v) is 2.03. The van der Waals surface area contributed by atoms with E-state index in [0.29, 0.717) is 22.6 Å². The lowest BCUT2D eigenvalue weighted by Crippen LogP contribution is -2.25. The Balaban J connectivity index is 1.93. The molecule has 8 heteroatoms. The number of benzene rings is 1. The molecular weight excluding hydrogens is 313 g/mol. The molecule has 0 atom stereocenters. The van der Waals surface area contributed by atoms with Crippen LogP contribution < -0.4 is 10.1 Å². The first-order valence-corrected chi connectivity index (χ1v) is 6.78. The Labute approximate surface area is 130 Å². The fourth-order valence-electron chi connectivity index (χ4n) is 2.03. The van der Waals surface area contributed by atoms with E-state index in [0.717, 1.165) is 0 Å². The Kier molecular flexibility index (Phi) is 4.92. The van der Waals surface area contributed by atoms with Gasteiger partial charge in [0.2, 0.25) is 5.91 Å². The number of hydrogen-bond acceptors (Lipinski definition) is 4. The summed E-state index contributed by atoms with van der Waals surface area (Å²) in [6, 6.07) is 5.45. The number of ether oxygens (including phenoxy) is 1. The minimum atomic E-state index is -4.74. The molecule has 0 radical (unpaired) electrons. The van der Waals surface area contributed by atoms with Gasteiger partial charge in [0.25, 0.3) is 0 Å². The molecule has 0 fully saturated rings. The molecule has 0 unspecified atom stereocenters. The maximum Gasteiger partial charge on any atom is 0.573 e. The minimum absolute atomic E-state index is 0.0945. The van der Waals surface area contributed by atoms with E-state index in [-0.39, 0.29) is 24.6 Å². The number of alkyl halides is 3. The third-order valence-corrected chi connectivity index (χ3v) is 3.14. The van der Waals surface area contributed by atoms with Crippen molar-refractivity contribution in [2.24, 2.45) is 0 Å². The summed E-state index contributed by atoms with van der Waals surface area (Å²) in [5.74, 6) is -0.0326. The van der Waals surface area contributed by atoms with Crippen molar-refractivity contribution in [2.75, 3.05) is 0 Å². The molecule has 0 bridgehead atoms. The first kappa shape index (κ1) is 16.9. The zero-order valence-electron chi connectivity index (χ0n) is 12.5. The van der Waals surface area contributed by atoms with E-state index in [9.17, 15) is 18.0 Å². The highest BCUT2D eigenvalue weighted by Gasteiger charge is 2.31. The van der Waals surface area contributed by atoms with Gasteiger partial charge in [-0.2, -0.15) is 0 Å². The normalized spacial score (nSPS) is 11.3. The van der Waals surface area contributed by atoms with Gasteiger partial charge in [0.15, 0.2) is 0 Å². The van der Waals surface area contributed by atoms with E-state index in [1.807, 2.05) is 0 Å². The van der Waals surface area contributed by atoms with Crippen molar-refractivity contribution in [1.29, 1.82) is 0 Å². The molecule has 0 spiro atoms. The number of carbonyl (C=O) groups is 1. The monoisotopic (exact) mass is 328 g/mol. The standard InChI is InChI=1S/C15H15F3N2O3/c1-9-13(10(2)23-20-9)7-14(21)19-8-11-4-3-5-12(6-11)22-15(16,17)18/h3-6H,7-8H2,1-2H3,(H,19,21). The lowest BCUT2D eigenvalue weighted by atomic mass is 10.1. The summed E-state index contributed by atoms with van der Waals surface area (Å²) in [7, 11) is 0. The van der Waals surface area contributed by atoms with Crippen LogP contribution in [0.15, 0.2) is 28.8 Å². The van der Waals surface area contributed by atoms with Crippen LogP contribution >= 0.6 is 0 Å². The summed E-state index contributed by atoms with van der Waals surface area (Å²) in [6.45, 7) is 3.54. The predicted octanol–water partition coefficient (Wildman–Crippen LogP) is 3.05. The molecule has 1 heterocycles. The molecule has 124 valence electrons. The zero-order valence-corrected chi connectivity index (χ0v) is 12.5. The molecule has 0 aliphatic rings. The molecule has 0 aliphatic heterocycles. The molecule has 2 aromatic rings. The summed E-state index contributed by atoms with van der Waals surface area (Å²) in [5.41, 5.74) is 1.84. The van der Waals surface area contributed by atoms with Crippen LogP contribution in [0.2, 0.25) is 0 Å². The molecule has 1 N–H and O–H groups in total. The smallest absolute Gasteiger partial charge is 0.406 e. The summed E-state index contributed by atoms with van der Waals surface area (Å²) >= 11 is 0. The van der Waals surface area contributed by atoms with Crippen molar-refractivity contribution < 1.29 is 27.2 Å². The maximum absolute atomic E-state index is 12.2. The Morgan fingerprint density at radius 2 is 2.09 bits per heavy atom. The summed E-state index contributed by atoms with van der Waals surface area (Å²) in [4.78, 5) is 11.9. The molecule has 1 aromatic heterocycles. The SMILES string of the molecule is Cc1noc(C)c1CC(=O)NCc1cccc(OC(F)(F)F)c1. The summed E-state index contributed by atoms with van der Waals surface area (Å²) in [5, 5.41) is 6.39. The predicted molar refractivity (Wildman–Crippen MR) is 74.7 cm³/mol. The number of amides is 1. The number of halogens is 3. The van der Waals surface area contributed by atoms with Gasteiger partial charge in [0.1, 0.15) is 11.5 Å². The zero-order chi connectivity index (χ0) is 17.0. The Morgan fingerprint density at radius 1 is 1.35 bits per heavy atom. The van der Waals surface area contributed by atoms with Gasteiger partial charge < -0.3 is 14.6 Å². The lowest BCUT2D eigenvalue weighted by Gasteiger charge is -2.10. The van der Waals surface area contributed by atoms with Gasteiger partial charge in [-0.25, -0.2) is 0 Å². The van der Waals surface area contributed by atoms with Crippen LogP contribution in [0.5, 0.6) is 5.75 Å². The van der Waals surface area contributed by atoms with Crippen LogP contribution in [0.1, 0.15) is 22.6 Å². The van der Waals surface area contributed by atoms with Crippen molar-refractivity contribution in [3.8, 4) is 5.75 Å². The second kappa shape index (κ2) is 6.72. The van der Waals surface area contributed by atoms with E-state index >= 15 is 0 Å². The number of nitrogens with one attached hydrogen (secondary N) is 1. The van der Waals surface area contributed by atoms with E-state index in [1.54, 1.807) is 19.9 Å². The van der Waals surface area contributed by atoms with Gasteiger partial charge in [-0.1, -0.05) is 17.3 Å². The molecular formula is C15H15F3N2O3. The Bertz CT molecular complexity index is 676. The number of aryl methyl sites for hydroxylation is 2. The van der Waals surface area contributed by atoms with Gasteiger partial charge in [-0.15, -0.1) is 13.2 Å². The molecule has 1 aromatic carbocycles. The van der Waals surface area contributed by atoms with Crippen molar-refractivity contribution in [3.05, 3.63) is 46.8 Å². The van der Waals surface area contributed by atoms with Crippen LogP contribution in [-0.2, 0) is 17.8 Å². The third-order valence-electron chi connectivity index (χ3n) is 3.14. The van der Waals surface area contributed by atoms with E-state index < -0.39 is 6.36 Å². The Hall–Kier alpha value is -2.51. The van der Waals surface area contributed by atoms with Crippen LogP contribution in [0, 0.1) is 13.8 Å². The number of aromatic nitrogens is 1. The molecule has 0 aliphatic carbocycles. The quantitative estimate of drug-likeness (QED) is 0.916. The van der Waals surface area contributed by atoms with Crippen LogP contribution in [0.25, 0.3) is 0 Å². The summed E-state index contributed by atoms with van der Waals surface area (Å²) in [6.07, 6.45) is -4.65. The van der Waals surface area contributed by atoms with Crippen LogP contribution in [0.4, 0.5) is 13.2 Å². The topological polar surface area (TPSA) is 64.4 Å². The van der Waals surface area contributed by atoms with Gasteiger partial charge in [-0.3, -0.25) is 4.79 Å². The highest BCUT2D eigenvalue weighted by atomic mass is 19.4. The van der Waals surface area contributed by atoms with Gasteiger partial charge in [-0.05, 0) is 31.5 Å². The van der Waals surface area contributed by atoms with Crippen LogP contribution in [0.3, 0.4) is 0 Å². The number of nitrogens with zero attached hydrogens (tertiary/aromatic N) is 1. The minimum Gasteiger partial charge on any atom is -0.406 e. The average molecular weight is 328 g/mol. The van der Waals surface area contributed by atoms with Crippen molar-refractivity contribution >= 4 is 5.91 Å². The fraction of sp³-hybridized carbons (Fsp3) is 0.333. The van der Waals surface area contributed by atoms with E-state index in [4.69, 9.17) is 4.52 Å². The second-order valence-corrected chi connectivity index (χ2v) is 4.95. The highest BCUT2D eigenvalue weighted by molar-refractivity contribution is 5.79. The van der Waals surface area contributed by atoms with E-state index in [2.05, 4.69) is 15.2 Å². The van der Waals surface area contributed by atoms with Crippen molar-refractivity contribution in [2.45, 2.75) is 33.2 Å². The van der Waals surface area contributed by atoms with Crippen molar-refractivity contribution in [1.82, 2.24) is 10.5 Å². The molecule has 1 amide bonds. The highest BCUT2D eigenvalue weighted by Crippen LogP contribution is 2.23. The van der Waals surface area contributed by atoms with Gasteiger partial charge in [0.05, 0.1) is 12.1 Å². The van der Waals surface area contributed by atoms with Crippen molar-refractivity contribution in [3.63, 3.8) is 0 Å². The number of carbonyl (C=O) groups excluding carboxylic acids is 1. The van der Waals surface area contributed by atoms with E-state index in [1.165, 1.54) is 18.2 Å². The largest absolute Gasteiger partial charge is 0.573 e. The summed E-state index contributed by atoms with van der Waals surface area (Å²) < 4.78 is 45.3. The molecule has 5 nitrogen and oxygen atoms in total. The van der Waals surface area contributed by atoms with Gasteiger partial charge >= 0.3 is 6.36 Å². The third kappa shape index (κ3) is 5.01. The molecule has 0 saturated carbocycles. The molecule has 23 heavy (non-hydrogen) atoms. The maximum atomic E-state index is 12.2. The second-order valence-electron chi connectivity index (χ2n) is 4.95.